The van der Waals surface area contributed by atoms with Crippen molar-refractivity contribution in [3.8, 4) is 11.4 Å². The van der Waals surface area contributed by atoms with Gasteiger partial charge in [-0.2, -0.15) is 5.10 Å². The van der Waals surface area contributed by atoms with Crippen molar-refractivity contribution in [2.75, 3.05) is 5.73 Å². The number of aromatic amines is 1. The fourth-order valence-electron chi connectivity index (χ4n) is 2.29. The van der Waals surface area contributed by atoms with E-state index in [1.165, 1.54) is 0 Å². The van der Waals surface area contributed by atoms with Crippen molar-refractivity contribution in [2.24, 2.45) is 0 Å². The van der Waals surface area contributed by atoms with E-state index >= 15 is 0 Å². The molecule has 2 aromatic heterocycles. The molecule has 0 radical (unpaired) electrons. The summed E-state index contributed by atoms with van der Waals surface area (Å²) in [5, 5.41) is 7.29. The fourth-order valence-corrected chi connectivity index (χ4v) is 2.29. The van der Waals surface area contributed by atoms with Crippen molar-refractivity contribution < 1.29 is 8.78 Å². The van der Waals surface area contributed by atoms with E-state index in [1.807, 2.05) is 13.8 Å². The van der Waals surface area contributed by atoms with E-state index in [9.17, 15) is 8.78 Å². The molecule has 0 atom stereocenters. The van der Waals surface area contributed by atoms with Crippen LogP contribution in [0.4, 0.5) is 14.5 Å². The van der Waals surface area contributed by atoms with Gasteiger partial charge in [-0.1, -0.05) is 13.8 Å². The van der Waals surface area contributed by atoms with Crippen LogP contribution in [0.1, 0.15) is 25.5 Å². The molecular formula is C15H14F2N4. The second-order valence-corrected chi connectivity index (χ2v) is 5.21. The zero-order chi connectivity index (χ0) is 15.1. The quantitative estimate of drug-likeness (QED) is 0.757. The lowest BCUT2D eigenvalue weighted by molar-refractivity contribution is 0.511. The van der Waals surface area contributed by atoms with Crippen LogP contribution in [0.3, 0.4) is 0 Å². The van der Waals surface area contributed by atoms with Crippen LogP contribution in [0.2, 0.25) is 0 Å². The minimum absolute atomic E-state index is 0.157. The summed E-state index contributed by atoms with van der Waals surface area (Å²) in [4.78, 5) is 4.49. The first-order valence-electron chi connectivity index (χ1n) is 6.57. The van der Waals surface area contributed by atoms with Gasteiger partial charge in [0.25, 0.3) is 0 Å². The van der Waals surface area contributed by atoms with E-state index in [0.717, 1.165) is 17.8 Å². The van der Waals surface area contributed by atoms with E-state index < -0.39 is 11.6 Å². The average molecular weight is 288 g/mol. The summed E-state index contributed by atoms with van der Waals surface area (Å²) >= 11 is 0. The van der Waals surface area contributed by atoms with Gasteiger partial charge in [0.1, 0.15) is 5.69 Å². The van der Waals surface area contributed by atoms with E-state index in [2.05, 4.69) is 15.2 Å². The van der Waals surface area contributed by atoms with Crippen LogP contribution in [0, 0.1) is 11.6 Å². The van der Waals surface area contributed by atoms with Gasteiger partial charge in [-0.3, -0.25) is 5.10 Å². The standard InChI is InChI=1S/C15H14F2N4/c1-7(2)14-11(18)3-4-12(19-14)15-8-5-9(16)10(17)6-13(8)20-21-15/h3-7H,18H2,1-2H3,(H,20,21). The molecule has 21 heavy (non-hydrogen) atoms. The van der Waals surface area contributed by atoms with E-state index in [0.29, 0.717) is 28.0 Å². The number of hydrogen-bond donors (Lipinski definition) is 2. The molecule has 0 bridgehead atoms. The Hall–Kier alpha value is -2.50. The maximum atomic E-state index is 13.4. The summed E-state index contributed by atoms with van der Waals surface area (Å²) in [7, 11) is 0. The molecule has 0 fully saturated rings. The van der Waals surface area contributed by atoms with Crippen molar-refractivity contribution in [3.63, 3.8) is 0 Å². The van der Waals surface area contributed by atoms with Crippen molar-refractivity contribution in [1.82, 2.24) is 15.2 Å². The Morgan fingerprint density at radius 3 is 2.57 bits per heavy atom. The molecule has 0 aliphatic heterocycles. The monoisotopic (exact) mass is 288 g/mol. The van der Waals surface area contributed by atoms with Crippen molar-refractivity contribution >= 4 is 16.6 Å². The topological polar surface area (TPSA) is 67.6 Å². The van der Waals surface area contributed by atoms with Gasteiger partial charge in [-0.05, 0) is 24.1 Å². The number of nitrogens with one attached hydrogen (secondary N) is 1. The number of nitrogens with two attached hydrogens (primary N) is 1. The van der Waals surface area contributed by atoms with Crippen LogP contribution in [-0.2, 0) is 0 Å². The molecular weight excluding hydrogens is 274 g/mol. The van der Waals surface area contributed by atoms with Crippen LogP contribution >= 0.6 is 0 Å². The summed E-state index contributed by atoms with van der Waals surface area (Å²) < 4.78 is 26.7. The van der Waals surface area contributed by atoms with Gasteiger partial charge in [0.05, 0.1) is 22.6 Å². The highest BCUT2D eigenvalue weighted by molar-refractivity contribution is 5.92. The molecule has 3 N–H and O–H groups in total. The molecule has 0 saturated carbocycles. The summed E-state index contributed by atoms with van der Waals surface area (Å²) in [5.74, 6) is -1.67. The van der Waals surface area contributed by atoms with E-state index in [-0.39, 0.29) is 5.92 Å². The fraction of sp³-hybridized carbons (Fsp3) is 0.200. The Labute approximate surface area is 120 Å². The number of halogens is 2. The Kier molecular flexibility index (Phi) is 3.08. The molecule has 0 saturated heterocycles. The highest BCUT2D eigenvalue weighted by Gasteiger charge is 2.15. The first kappa shape index (κ1) is 13.5. The maximum Gasteiger partial charge on any atom is 0.160 e. The van der Waals surface area contributed by atoms with Gasteiger partial charge in [0, 0.05) is 11.5 Å². The molecule has 0 spiro atoms. The molecule has 4 nitrogen and oxygen atoms in total. The Bertz CT molecular complexity index is 824. The molecule has 0 aliphatic rings. The third kappa shape index (κ3) is 2.22. The minimum Gasteiger partial charge on any atom is -0.397 e. The number of hydrogen-bond acceptors (Lipinski definition) is 3. The third-order valence-electron chi connectivity index (χ3n) is 3.35. The number of nitrogen functional groups attached to an aromatic ring is 1. The summed E-state index contributed by atoms with van der Waals surface area (Å²) in [6.45, 7) is 3.97. The summed E-state index contributed by atoms with van der Waals surface area (Å²) in [6.07, 6.45) is 0. The van der Waals surface area contributed by atoms with Crippen LogP contribution in [0.15, 0.2) is 24.3 Å². The predicted octanol–water partition coefficient (Wildman–Crippen LogP) is 3.61. The molecule has 108 valence electrons. The number of pyridine rings is 1. The molecule has 0 aliphatic carbocycles. The molecule has 0 amide bonds. The number of H-pyrrole nitrogens is 1. The second-order valence-electron chi connectivity index (χ2n) is 5.21. The van der Waals surface area contributed by atoms with Gasteiger partial charge >= 0.3 is 0 Å². The van der Waals surface area contributed by atoms with Gasteiger partial charge < -0.3 is 5.73 Å². The molecule has 3 aromatic rings. The predicted molar refractivity (Wildman–Crippen MR) is 77.7 cm³/mol. The zero-order valence-corrected chi connectivity index (χ0v) is 11.6. The number of anilines is 1. The zero-order valence-electron chi connectivity index (χ0n) is 11.6. The van der Waals surface area contributed by atoms with E-state index in [4.69, 9.17) is 5.73 Å². The number of aromatic nitrogens is 3. The molecule has 6 heteroatoms. The average Bonchev–Trinajstić information content (AvgIpc) is 2.82. The summed E-state index contributed by atoms with van der Waals surface area (Å²) in [6, 6.07) is 5.68. The van der Waals surface area contributed by atoms with Crippen molar-refractivity contribution in [1.29, 1.82) is 0 Å². The van der Waals surface area contributed by atoms with Crippen LogP contribution in [-0.4, -0.2) is 15.2 Å². The number of benzene rings is 1. The minimum atomic E-state index is -0.912. The van der Waals surface area contributed by atoms with Gasteiger partial charge in [-0.15, -0.1) is 0 Å². The smallest absolute Gasteiger partial charge is 0.160 e. The Balaban J connectivity index is 2.21. The van der Waals surface area contributed by atoms with E-state index in [1.54, 1.807) is 12.1 Å². The SMILES string of the molecule is CC(C)c1nc(-c2n[nH]c3cc(F)c(F)cc23)ccc1N. The van der Waals surface area contributed by atoms with Gasteiger partial charge in [-0.25, -0.2) is 13.8 Å². The Morgan fingerprint density at radius 1 is 1.14 bits per heavy atom. The van der Waals surface area contributed by atoms with Crippen LogP contribution in [0.5, 0.6) is 0 Å². The summed E-state index contributed by atoms with van der Waals surface area (Å²) in [5.41, 5.74) is 8.73. The van der Waals surface area contributed by atoms with Gasteiger partial charge in [0.15, 0.2) is 11.6 Å². The molecule has 1 aromatic carbocycles. The second kappa shape index (κ2) is 4.80. The number of nitrogens with zero attached hydrogens (tertiary/aromatic N) is 2. The lowest BCUT2D eigenvalue weighted by Gasteiger charge is -2.09. The third-order valence-corrected chi connectivity index (χ3v) is 3.35. The van der Waals surface area contributed by atoms with Crippen LogP contribution < -0.4 is 5.73 Å². The Morgan fingerprint density at radius 2 is 1.86 bits per heavy atom. The first-order valence-corrected chi connectivity index (χ1v) is 6.57. The molecule has 0 unspecified atom stereocenters. The van der Waals surface area contributed by atoms with Crippen molar-refractivity contribution in [2.45, 2.75) is 19.8 Å². The number of fused-ring (bicyclic) bond motifs is 1. The van der Waals surface area contributed by atoms with Gasteiger partial charge in [0.2, 0.25) is 0 Å². The normalized spacial score (nSPS) is 11.5. The largest absolute Gasteiger partial charge is 0.397 e. The van der Waals surface area contributed by atoms with Crippen LogP contribution in [0.25, 0.3) is 22.3 Å². The highest BCUT2D eigenvalue weighted by Crippen LogP contribution is 2.29. The number of rotatable bonds is 2. The maximum absolute atomic E-state index is 13.4. The lowest BCUT2D eigenvalue weighted by Crippen LogP contribution is -2.01. The first-order chi connectivity index (χ1) is 9.97. The lowest BCUT2D eigenvalue weighted by atomic mass is 10.1. The van der Waals surface area contributed by atoms with Crippen molar-refractivity contribution in [3.05, 3.63) is 41.6 Å². The highest BCUT2D eigenvalue weighted by atomic mass is 19.2. The molecule has 2 heterocycles. The molecule has 3 rings (SSSR count).